The van der Waals surface area contributed by atoms with Gasteiger partial charge in [0.05, 0.1) is 12.1 Å². The van der Waals surface area contributed by atoms with Crippen LogP contribution in [0.5, 0.6) is 5.75 Å². The molecule has 0 saturated carbocycles. The summed E-state index contributed by atoms with van der Waals surface area (Å²) in [6.07, 6.45) is 0.143. The molecule has 1 unspecified atom stereocenters. The number of nitrogens with one attached hydrogen (secondary N) is 1. The van der Waals surface area contributed by atoms with Crippen LogP contribution >= 0.6 is 0 Å². The fourth-order valence-corrected chi connectivity index (χ4v) is 2.62. The van der Waals surface area contributed by atoms with Gasteiger partial charge >= 0.3 is 0 Å². The summed E-state index contributed by atoms with van der Waals surface area (Å²) >= 11 is 0. The maximum Gasteiger partial charge on any atom is 0.120 e. The molecule has 0 aliphatic heterocycles. The first-order valence-corrected chi connectivity index (χ1v) is 7.23. The van der Waals surface area contributed by atoms with Gasteiger partial charge in [-0.3, -0.25) is 5.84 Å². The van der Waals surface area contributed by atoms with Crippen molar-refractivity contribution < 1.29 is 9.15 Å². The van der Waals surface area contributed by atoms with E-state index in [-0.39, 0.29) is 12.1 Å². The van der Waals surface area contributed by atoms with Gasteiger partial charge in [0.2, 0.25) is 0 Å². The second kappa shape index (κ2) is 6.33. The van der Waals surface area contributed by atoms with Crippen LogP contribution in [0.15, 0.2) is 28.7 Å². The zero-order valence-electron chi connectivity index (χ0n) is 13.4. The third-order valence-electron chi connectivity index (χ3n) is 3.64. The van der Waals surface area contributed by atoms with Crippen molar-refractivity contribution >= 4 is 0 Å². The number of hydrogen-bond acceptors (Lipinski definition) is 4. The maximum absolute atomic E-state index is 5.80. The lowest BCUT2D eigenvalue weighted by molar-refractivity contribution is 0.242. The van der Waals surface area contributed by atoms with Crippen LogP contribution in [0, 0.1) is 20.8 Å². The van der Waals surface area contributed by atoms with E-state index in [0.717, 1.165) is 34.0 Å². The van der Waals surface area contributed by atoms with Gasteiger partial charge in [0.25, 0.3) is 0 Å². The molecule has 0 bridgehead atoms. The lowest BCUT2D eigenvalue weighted by atomic mass is 9.96. The van der Waals surface area contributed by atoms with Crippen molar-refractivity contribution in [3.8, 4) is 5.75 Å². The smallest absolute Gasteiger partial charge is 0.120 e. The van der Waals surface area contributed by atoms with E-state index < -0.39 is 0 Å². The molecule has 3 N–H and O–H groups in total. The lowest BCUT2D eigenvalue weighted by Crippen LogP contribution is -2.29. The summed E-state index contributed by atoms with van der Waals surface area (Å²) in [7, 11) is 0. The van der Waals surface area contributed by atoms with E-state index in [1.165, 1.54) is 0 Å². The molecular weight excluding hydrogens is 264 g/mol. The number of hydrazine groups is 1. The molecule has 0 aliphatic rings. The minimum absolute atomic E-state index is 0.113. The zero-order valence-corrected chi connectivity index (χ0v) is 13.4. The Morgan fingerprint density at radius 2 is 1.86 bits per heavy atom. The van der Waals surface area contributed by atoms with Gasteiger partial charge in [-0.15, -0.1) is 0 Å². The molecule has 2 aromatic rings. The molecular formula is C17H24N2O2. The Morgan fingerprint density at radius 3 is 2.38 bits per heavy atom. The van der Waals surface area contributed by atoms with Gasteiger partial charge in [-0.25, -0.2) is 5.43 Å². The lowest BCUT2D eigenvalue weighted by Gasteiger charge is -2.19. The van der Waals surface area contributed by atoms with Crippen LogP contribution in [0.25, 0.3) is 0 Å². The molecule has 21 heavy (non-hydrogen) atoms. The second-order valence-electron chi connectivity index (χ2n) is 5.59. The Labute approximate surface area is 126 Å². The van der Waals surface area contributed by atoms with E-state index in [1.54, 1.807) is 0 Å². The van der Waals surface area contributed by atoms with Gasteiger partial charge in [0.1, 0.15) is 17.3 Å². The summed E-state index contributed by atoms with van der Waals surface area (Å²) in [4.78, 5) is 0. The first kappa shape index (κ1) is 15.6. The monoisotopic (exact) mass is 288 g/mol. The van der Waals surface area contributed by atoms with Gasteiger partial charge in [0.15, 0.2) is 0 Å². The fraction of sp³-hybridized carbons (Fsp3) is 0.412. The number of benzene rings is 1. The summed E-state index contributed by atoms with van der Waals surface area (Å²) in [6.45, 7) is 10.0. The Bertz CT molecular complexity index is 617. The fourth-order valence-electron chi connectivity index (χ4n) is 2.62. The van der Waals surface area contributed by atoms with Crippen LogP contribution < -0.4 is 16.0 Å². The highest BCUT2D eigenvalue weighted by Crippen LogP contribution is 2.32. The molecule has 0 saturated heterocycles. The molecule has 0 spiro atoms. The highest BCUT2D eigenvalue weighted by molar-refractivity contribution is 5.42. The van der Waals surface area contributed by atoms with Gasteiger partial charge in [0, 0.05) is 5.56 Å². The van der Waals surface area contributed by atoms with Crippen LogP contribution in [0.3, 0.4) is 0 Å². The number of nitrogens with two attached hydrogens (primary N) is 1. The van der Waals surface area contributed by atoms with Crippen molar-refractivity contribution in [1.82, 2.24) is 5.43 Å². The van der Waals surface area contributed by atoms with Crippen molar-refractivity contribution in [3.05, 3.63) is 52.5 Å². The van der Waals surface area contributed by atoms with Crippen molar-refractivity contribution in [1.29, 1.82) is 0 Å². The van der Waals surface area contributed by atoms with Crippen LogP contribution in [0.1, 0.15) is 48.1 Å². The summed E-state index contributed by atoms with van der Waals surface area (Å²) in [5.41, 5.74) is 6.18. The van der Waals surface area contributed by atoms with E-state index >= 15 is 0 Å². The van der Waals surface area contributed by atoms with Crippen LogP contribution in [0.2, 0.25) is 0 Å². The molecule has 0 radical (unpaired) electrons. The highest BCUT2D eigenvalue weighted by atomic mass is 16.5. The van der Waals surface area contributed by atoms with Crippen molar-refractivity contribution in [2.45, 2.75) is 46.8 Å². The Balaban J connectivity index is 2.42. The van der Waals surface area contributed by atoms with Gasteiger partial charge in [-0.2, -0.15) is 0 Å². The van der Waals surface area contributed by atoms with Crippen molar-refractivity contribution in [3.63, 3.8) is 0 Å². The molecule has 114 valence electrons. The van der Waals surface area contributed by atoms with Crippen molar-refractivity contribution in [2.75, 3.05) is 0 Å². The summed E-state index contributed by atoms with van der Waals surface area (Å²) in [5.74, 6) is 8.47. The van der Waals surface area contributed by atoms with E-state index in [0.29, 0.717) is 0 Å². The molecule has 4 heteroatoms. The number of aryl methyl sites for hydroxylation is 2. The third-order valence-corrected chi connectivity index (χ3v) is 3.64. The second-order valence-corrected chi connectivity index (χ2v) is 5.59. The van der Waals surface area contributed by atoms with Crippen LogP contribution in [-0.2, 0) is 0 Å². The summed E-state index contributed by atoms with van der Waals surface area (Å²) in [6, 6.07) is 7.88. The van der Waals surface area contributed by atoms with Gasteiger partial charge in [-0.1, -0.05) is 12.1 Å². The molecule has 0 fully saturated rings. The predicted octanol–water partition coefficient (Wildman–Crippen LogP) is 3.54. The predicted molar refractivity (Wildman–Crippen MR) is 84.3 cm³/mol. The topological polar surface area (TPSA) is 60.4 Å². The number of ether oxygens (including phenoxy) is 1. The SMILES string of the molecule is Cc1oc(C)c(C(NN)c2cccc(OC(C)C)c2)c1C. The minimum Gasteiger partial charge on any atom is -0.491 e. The standard InChI is InChI=1S/C17H24N2O2/c1-10(2)20-15-8-6-7-14(9-15)17(19-18)16-11(3)12(4)21-13(16)5/h6-10,17,19H,18H2,1-5H3. The number of furan rings is 1. The number of hydrogen-bond donors (Lipinski definition) is 2. The van der Waals surface area contributed by atoms with Crippen LogP contribution in [0.4, 0.5) is 0 Å². The normalized spacial score (nSPS) is 12.7. The average molecular weight is 288 g/mol. The third kappa shape index (κ3) is 3.28. The molecule has 2 rings (SSSR count). The Morgan fingerprint density at radius 1 is 1.14 bits per heavy atom. The van der Waals surface area contributed by atoms with Crippen LogP contribution in [-0.4, -0.2) is 6.10 Å². The molecule has 0 aliphatic carbocycles. The van der Waals surface area contributed by atoms with Gasteiger partial charge in [-0.05, 0) is 57.9 Å². The summed E-state index contributed by atoms with van der Waals surface area (Å²) in [5, 5.41) is 0. The van der Waals surface area contributed by atoms with E-state index in [9.17, 15) is 0 Å². The Hall–Kier alpha value is -1.78. The number of rotatable bonds is 5. The van der Waals surface area contributed by atoms with Gasteiger partial charge < -0.3 is 9.15 Å². The van der Waals surface area contributed by atoms with E-state index in [4.69, 9.17) is 15.0 Å². The highest BCUT2D eigenvalue weighted by Gasteiger charge is 2.22. The summed E-state index contributed by atoms with van der Waals surface area (Å²) < 4.78 is 11.5. The largest absolute Gasteiger partial charge is 0.491 e. The van der Waals surface area contributed by atoms with E-state index in [2.05, 4.69) is 12.3 Å². The quantitative estimate of drug-likeness (QED) is 0.652. The molecule has 1 atom stereocenters. The molecule has 1 aromatic carbocycles. The maximum atomic E-state index is 5.80. The first-order chi connectivity index (χ1) is 9.93. The van der Waals surface area contributed by atoms with Crippen molar-refractivity contribution in [2.24, 2.45) is 5.84 Å². The Kier molecular flexibility index (Phi) is 4.70. The molecule has 0 amide bonds. The molecule has 1 heterocycles. The first-order valence-electron chi connectivity index (χ1n) is 7.23. The van der Waals surface area contributed by atoms with E-state index in [1.807, 2.05) is 52.0 Å². The molecule has 1 aromatic heterocycles. The molecule has 4 nitrogen and oxygen atoms in total. The zero-order chi connectivity index (χ0) is 15.6. The minimum atomic E-state index is -0.113. The average Bonchev–Trinajstić information content (AvgIpc) is 2.66.